The summed E-state index contributed by atoms with van der Waals surface area (Å²) in [6.45, 7) is 0. The van der Waals surface area contributed by atoms with Crippen LogP contribution in [0.2, 0.25) is 5.15 Å². The van der Waals surface area contributed by atoms with E-state index >= 15 is 0 Å². The minimum Gasteiger partial charge on any atom is -0.478 e. The molecule has 2 fully saturated rings. The minimum atomic E-state index is -1.10. The Kier molecular flexibility index (Phi) is 3.49. The van der Waals surface area contributed by atoms with Crippen LogP contribution in [-0.4, -0.2) is 31.9 Å². The third-order valence-corrected chi connectivity index (χ3v) is 5.10. The number of rotatable bonds is 4. The standard InChI is InChI=1S/C16H16ClN3O3/c17-15-11(16(21)22)3-4-13(18-15)20-6-5-14(19-20)23-12-8-9-1-2-10(12)7-9/h3-6,9-10,12H,1-2,7-8H2,(H,21,22)/t9-,10+,12?/m0/s1. The zero-order chi connectivity index (χ0) is 16.0. The Morgan fingerprint density at radius 2 is 2.17 bits per heavy atom. The molecule has 2 saturated carbocycles. The summed E-state index contributed by atoms with van der Waals surface area (Å²) in [4.78, 5) is 15.0. The molecular weight excluding hydrogens is 318 g/mol. The highest BCUT2D eigenvalue weighted by Crippen LogP contribution is 2.45. The van der Waals surface area contributed by atoms with Crippen molar-refractivity contribution in [3.63, 3.8) is 0 Å². The molecule has 2 aromatic rings. The lowest BCUT2D eigenvalue weighted by Crippen LogP contribution is -2.23. The topological polar surface area (TPSA) is 77.2 Å². The number of carbonyl (C=O) groups is 1. The summed E-state index contributed by atoms with van der Waals surface area (Å²) in [5.41, 5.74) is -0.0268. The van der Waals surface area contributed by atoms with Gasteiger partial charge in [-0.1, -0.05) is 11.6 Å². The second-order valence-corrected chi connectivity index (χ2v) is 6.60. The predicted octanol–water partition coefficient (Wildman–Crippen LogP) is 3.19. The lowest BCUT2D eigenvalue weighted by atomic mass is 9.98. The van der Waals surface area contributed by atoms with Crippen LogP contribution in [0.3, 0.4) is 0 Å². The first kappa shape index (κ1) is 14.5. The molecule has 0 spiro atoms. The van der Waals surface area contributed by atoms with Crippen LogP contribution in [0.5, 0.6) is 5.88 Å². The number of halogens is 1. The monoisotopic (exact) mass is 333 g/mol. The second-order valence-electron chi connectivity index (χ2n) is 6.24. The number of hydrogen-bond acceptors (Lipinski definition) is 4. The zero-order valence-corrected chi connectivity index (χ0v) is 13.1. The number of carboxylic acids is 1. The van der Waals surface area contributed by atoms with Gasteiger partial charge in [-0.2, -0.15) is 0 Å². The fourth-order valence-corrected chi connectivity index (χ4v) is 3.93. The molecule has 2 aliphatic carbocycles. The normalized spacial score (nSPS) is 25.7. The van der Waals surface area contributed by atoms with Gasteiger partial charge in [0.2, 0.25) is 5.88 Å². The van der Waals surface area contributed by atoms with Crippen LogP contribution in [-0.2, 0) is 0 Å². The van der Waals surface area contributed by atoms with E-state index in [0.717, 1.165) is 12.3 Å². The van der Waals surface area contributed by atoms with Gasteiger partial charge in [0.05, 0.1) is 5.56 Å². The summed E-state index contributed by atoms with van der Waals surface area (Å²) in [5, 5.41) is 13.3. The van der Waals surface area contributed by atoms with Gasteiger partial charge in [-0.05, 0) is 49.7 Å². The van der Waals surface area contributed by atoms with E-state index in [4.69, 9.17) is 21.4 Å². The number of pyridine rings is 1. The van der Waals surface area contributed by atoms with Gasteiger partial charge in [-0.25, -0.2) is 14.5 Å². The van der Waals surface area contributed by atoms with Crippen molar-refractivity contribution in [3.05, 3.63) is 35.1 Å². The Labute approximate surface area is 138 Å². The van der Waals surface area contributed by atoms with E-state index in [9.17, 15) is 4.79 Å². The first-order valence-corrected chi connectivity index (χ1v) is 8.10. The van der Waals surface area contributed by atoms with Gasteiger partial charge in [-0.3, -0.25) is 0 Å². The molecule has 1 unspecified atom stereocenters. The second kappa shape index (κ2) is 5.53. The summed E-state index contributed by atoms with van der Waals surface area (Å²) in [5.74, 6) is 1.41. The Hall–Kier alpha value is -2.08. The molecule has 0 aliphatic heterocycles. The van der Waals surface area contributed by atoms with E-state index in [1.165, 1.54) is 25.3 Å². The van der Waals surface area contributed by atoms with Crippen molar-refractivity contribution in [1.82, 2.24) is 14.8 Å². The SMILES string of the molecule is O=C(O)c1ccc(-n2ccc(OC3C[C@H]4CC[C@@H]3C4)n2)nc1Cl. The Morgan fingerprint density at radius 3 is 2.83 bits per heavy atom. The van der Waals surface area contributed by atoms with Crippen LogP contribution in [0.4, 0.5) is 0 Å². The Morgan fingerprint density at radius 1 is 1.30 bits per heavy atom. The van der Waals surface area contributed by atoms with E-state index in [1.54, 1.807) is 23.0 Å². The summed E-state index contributed by atoms with van der Waals surface area (Å²) in [7, 11) is 0. The molecule has 2 bridgehead atoms. The van der Waals surface area contributed by atoms with E-state index in [-0.39, 0.29) is 16.8 Å². The quantitative estimate of drug-likeness (QED) is 0.869. The maximum atomic E-state index is 11.0. The fourth-order valence-electron chi connectivity index (χ4n) is 3.70. The molecule has 7 heteroatoms. The first-order valence-electron chi connectivity index (χ1n) is 7.72. The van der Waals surface area contributed by atoms with Crippen molar-refractivity contribution in [2.75, 3.05) is 0 Å². The summed E-state index contributed by atoms with van der Waals surface area (Å²) >= 11 is 5.90. The Balaban J connectivity index is 1.51. The van der Waals surface area contributed by atoms with Crippen LogP contribution in [0, 0.1) is 11.8 Å². The molecule has 0 amide bonds. The number of fused-ring (bicyclic) bond motifs is 2. The van der Waals surface area contributed by atoms with Gasteiger partial charge in [0.15, 0.2) is 5.82 Å². The maximum Gasteiger partial charge on any atom is 0.338 e. The molecule has 2 aromatic heterocycles. The largest absolute Gasteiger partial charge is 0.478 e. The third kappa shape index (κ3) is 2.67. The van der Waals surface area contributed by atoms with Gasteiger partial charge >= 0.3 is 5.97 Å². The smallest absolute Gasteiger partial charge is 0.338 e. The number of carboxylic acid groups (broad SMARTS) is 1. The van der Waals surface area contributed by atoms with E-state index < -0.39 is 5.97 Å². The average molecular weight is 334 g/mol. The minimum absolute atomic E-state index is 0.0268. The van der Waals surface area contributed by atoms with Crippen molar-refractivity contribution in [1.29, 1.82) is 0 Å². The number of nitrogens with zero attached hydrogens (tertiary/aromatic N) is 3. The molecule has 2 aliphatic rings. The Bertz CT molecular complexity index is 761. The molecule has 2 heterocycles. The number of hydrogen-bond donors (Lipinski definition) is 1. The summed E-state index contributed by atoms with van der Waals surface area (Å²) in [6, 6.07) is 4.79. The van der Waals surface area contributed by atoms with Crippen LogP contribution >= 0.6 is 11.6 Å². The van der Waals surface area contributed by atoms with E-state index in [1.807, 2.05) is 0 Å². The first-order chi connectivity index (χ1) is 11.1. The molecule has 0 radical (unpaired) electrons. The van der Waals surface area contributed by atoms with Crippen molar-refractivity contribution in [2.24, 2.45) is 11.8 Å². The fraction of sp³-hybridized carbons (Fsp3) is 0.438. The highest BCUT2D eigenvalue weighted by atomic mass is 35.5. The van der Waals surface area contributed by atoms with Crippen LogP contribution in [0.15, 0.2) is 24.4 Å². The molecule has 4 rings (SSSR count). The van der Waals surface area contributed by atoms with Crippen LogP contribution < -0.4 is 4.74 Å². The van der Waals surface area contributed by atoms with Crippen LogP contribution in [0.25, 0.3) is 5.82 Å². The number of aromatic nitrogens is 3. The number of ether oxygens (including phenoxy) is 1. The van der Waals surface area contributed by atoms with E-state index in [0.29, 0.717) is 17.6 Å². The van der Waals surface area contributed by atoms with Gasteiger partial charge < -0.3 is 9.84 Å². The lowest BCUT2D eigenvalue weighted by molar-refractivity contribution is 0.0696. The van der Waals surface area contributed by atoms with Crippen molar-refractivity contribution < 1.29 is 14.6 Å². The predicted molar refractivity (Wildman–Crippen MR) is 83.2 cm³/mol. The average Bonchev–Trinajstić information content (AvgIpc) is 3.23. The molecule has 1 N–H and O–H groups in total. The highest BCUT2D eigenvalue weighted by molar-refractivity contribution is 6.32. The van der Waals surface area contributed by atoms with Crippen molar-refractivity contribution >= 4 is 17.6 Å². The maximum absolute atomic E-state index is 11.0. The highest BCUT2D eigenvalue weighted by Gasteiger charge is 2.41. The van der Waals surface area contributed by atoms with Gasteiger partial charge in [0.1, 0.15) is 11.3 Å². The molecule has 6 nitrogen and oxygen atoms in total. The molecule has 23 heavy (non-hydrogen) atoms. The lowest BCUT2D eigenvalue weighted by Gasteiger charge is -2.21. The third-order valence-electron chi connectivity index (χ3n) is 4.81. The zero-order valence-electron chi connectivity index (χ0n) is 12.4. The summed E-state index contributed by atoms with van der Waals surface area (Å²) in [6.07, 6.45) is 6.99. The van der Waals surface area contributed by atoms with Gasteiger partial charge in [0.25, 0.3) is 0 Å². The van der Waals surface area contributed by atoms with E-state index in [2.05, 4.69) is 10.1 Å². The van der Waals surface area contributed by atoms with Crippen molar-refractivity contribution in [2.45, 2.75) is 31.8 Å². The van der Waals surface area contributed by atoms with Gasteiger partial charge in [-0.15, -0.1) is 5.10 Å². The molecule has 0 saturated heterocycles. The molecule has 0 aromatic carbocycles. The molecule has 120 valence electrons. The summed E-state index contributed by atoms with van der Waals surface area (Å²) < 4.78 is 7.56. The molecular formula is C16H16ClN3O3. The van der Waals surface area contributed by atoms with Crippen molar-refractivity contribution in [3.8, 4) is 11.7 Å². The van der Waals surface area contributed by atoms with Crippen LogP contribution in [0.1, 0.15) is 36.0 Å². The van der Waals surface area contributed by atoms with Gasteiger partial charge in [0, 0.05) is 12.3 Å². The molecule has 3 atom stereocenters. The number of aromatic carboxylic acids is 1.